The lowest BCUT2D eigenvalue weighted by molar-refractivity contribution is -0.139. The van der Waals surface area contributed by atoms with E-state index < -0.39 is 11.9 Å². The maximum absolute atomic E-state index is 12.7. The van der Waals surface area contributed by atoms with Gasteiger partial charge in [-0.05, 0) is 12.8 Å². The summed E-state index contributed by atoms with van der Waals surface area (Å²) in [5, 5.41) is 9.46. The summed E-state index contributed by atoms with van der Waals surface area (Å²) in [5.41, 5.74) is 1.93. The molecule has 1 heterocycles. The lowest BCUT2D eigenvalue weighted by Gasteiger charge is -2.36. The van der Waals surface area contributed by atoms with E-state index in [0.29, 0.717) is 44.7 Å². The second-order valence-corrected chi connectivity index (χ2v) is 6.42. The summed E-state index contributed by atoms with van der Waals surface area (Å²) in [6.07, 6.45) is 4.80. The lowest BCUT2D eigenvalue weighted by Crippen LogP contribution is -2.40. The van der Waals surface area contributed by atoms with Crippen molar-refractivity contribution in [1.29, 1.82) is 5.26 Å². The van der Waals surface area contributed by atoms with Gasteiger partial charge in [-0.3, -0.25) is 0 Å². The Morgan fingerprint density at radius 3 is 2.38 bits per heavy atom. The van der Waals surface area contributed by atoms with Gasteiger partial charge in [-0.1, -0.05) is 12.2 Å². The van der Waals surface area contributed by atoms with Gasteiger partial charge in [0.1, 0.15) is 0 Å². The number of esters is 2. The van der Waals surface area contributed by atoms with Crippen molar-refractivity contribution < 1.29 is 23.8 Å². The molecule has 0 spiro atoms. The highest BCUT2D eigenvalue weighted by atomic mass is 16.5. The van der Waals surface area contributed by atoms with Gasteiger partial charge < -0.3 is 19.1 Å². The number of carbonyl (C=O) groups excluding carboxylic acids is 2. The van der Waals surface area contributed by atoms with Crippen molar-refractivity contribution in [2.45, 2.75) is 12.8 Å². The van der Waals surface area contributed by atoms with Gasteiger partial charge in [-0.2, -0.15) is 5.26 Å². The SMILES string of the molecule is COC(=O)C1=CCC2C(C#N)=CCC2C(N2CCOCC2)=C1C(=O)OC. The van der Waals surface area contributed by atoms with E-state index in [0.717, 1.165) is 5.70 Å². The molecule has 0 bridgehead atoms. The molecule has 0 N–H and O–H groups in total. The average Bonchev–Trinajstić information content (AvgIpc) is 3.01. The van der Waals surface area contributed by atoms with E-state index in [9.17, 15) is 14.9 Å². The molecule has 3 rings (SSSR count). The minimum atomic E-state index is -0.571. The molecule has 3 aliphatic rings. The van der Waals surface area contributed by atoms with Gasteiger partial charge >= 0.3 is 11.9 Å². The Kier molecular flexibility index (Phi) is 5.43. The van der Waals surface area contributed by atoms with E-state index in [2.05, 4.69) is 11.0 Å². The fourth-order valence-electron chi connectivity index (χ4n) is 3.99. The zero-order valence-corrected chi connectivity index (χ0v) is 15.0. The van der Waals surface area contributed by atoms with Crippen LogP contribution < -0.4 is 0 Å². The first kappa shape index (κ1) is 18.2. The number of nitriles is 1. The largest absolute Gasteiger partial charge is 0.465 e. The van der Waals surface area contributed by atoms with Gasteiger partial charge in [0, 0.05) is 36.2 Å². The van der Waals surface area contributed by atoms with Crippen molar-refractivity contribution in [3.8, 4) is 6.07 Å². The molecule has 7 nitrogen and oxygen atoms in total. The summed E-state index contributed by atoms with van der Waals surface area (Å²) in [6.45, 7) is 2.33. The average molecular weight is 358 g/mol. The molecule has 1 aliphatic heterocycles. The van der Waals surface area contributed by atoms with Gasteiger partial charge in [0.15, 0.2) is 0 Å². The Morgan fingerprint density at radius 2 is 1.77 bits per heavy atom. The predicted molar refractivity (Wildman–Crippen MR) is 91.4 cm³/mol. The standard InChI is InChI=1S/C19H22N2O5/c1-24-18(22)15-6-5-13-12(11-20)3-4-14(13)17(16(15)19(23)25-2)21-7-9-26-10-8-21/h3,6,13-14H,4-5,7-10H2,1-2H3. The Labute approximate surface area is 152 Å². The second-order valence-electron chi connectivity index (χ2n) is 6.42. The molecule has 0 aromatic rings. The molecule has 2 atom stereocenters. The van der Waals surface area contributed by atoms with Gasteiger partial charge in [0.05, 0.1) is 44.6 Å². The van der Waals surface area contributed by atoms with Crippen molar-refractivity contribution in [2.24, 2.45) is 11.8 Å². The summed E-state index contributed by atoms with van der Waals surface area (Å²) < 4.78 is 15.4. The quantitative estimate of drug-likeness (QED) is 0.703. The van der Waals surface area contributed by atoms with Crippen molar-refractivity contribution in [1.82, 2.24) is 4.90 Å². The minimum Gasteiger partial charge on any atom is -0.465 e. The molecule has 0 saturated carbocycles. The van der Waals surface area contributed by atoms with Gasteiger partial charge in [-0.25, -0.2) is 9.59 Å². The van der Waals surface area contributed by atoms with Gasteiger partial charge in [0.2, 0.25) is 0 Å². The number of methoxy groups -OCH3 is 2. The molecule has 1 saturated heterocycles. The molecule has 0 radical (unpaired) electrons. The first-order chi connectivity index (χ1) is 12.6. The van der Waals surface area contributed by atoms with Crippen LogP contribution in [0.3, 0.4) is 0 Å². The maximum atomic E-state index is 12.7. The molecule has 0 aromatic carbocycles. The Hall–Kier alpha value is -2.59. The molecule has 26 heavy (non-hydrogen) atoms. The Morgan fingerprint density at radius 1 is 1.12 bits per heavy atom. The zero-order valence-electron chi connectivity index (χ0n) is 15.0. The zero-order chi connectivity index (χ0) is 18.7. The first-order valence-electron chi connectivity index (χ1n) is 8.66. The number of nitrogens with zero attached hydrogens (tertiary/aromatic N) is 2. The Bertz CT molecular complexity index is 738. The minimum absolute atomic E-state index is 0.0461. The van der Waals surface area contributed by atoms with Crippen molar-refractivity contribution in [3.05, 3.63) is 34.6 Å². The van der Waals surface area contributed by atoms with Gasteiger partial charge in [-0.15, -0.1) is 0 Å². The fourth-order valence-corrected chi connectivity index (χ4v) is 3.99. The maximum Gasteiger partial charge on any atom is 0.340 e. The van der Waals surface area contributed by atoms with Crippen LogP contribution in [-0.4, -0.2) is 57.4 Å². The summed E-state index contributed by atoms with van der Waals surface area (Å²) in [4.78, 5) is 27.2. The van der Waals surface area contributed by atoms with E-state index in [1.54, 1.807) is 6.08 Å². The van der Waals surface area contributed by atoms with Crippen LogP contribution in [-0.2, 0) is 23.8 Å². The van der Waals surface area contributed by atoms with Crippen molar-refractivity contribution >= 4 is 11.9 Å². The van der Waals surface area contributed by atoms with E-state index in [1.807, 2.05) is 6.08 Å². The number of allylic oxidation sites excluding steroid dienone is 4. The van der Waals surface area contributed by atoms with Crippen molar-refractivity contribution in [2.75, 3.05) is 40.5 Å². The molecule has 1 fully saturated rings. The van der Waals surface area contributed by atoms with Crippen LogP contribution in [0.5, 0.6) is 0 Å². The summed E-state index contributed by atoms with van der Waals surface area (Å²) in [6, 6.07) is 2.26. The molecular formula is C19H22N2O5. The topological polar surface area (TPSA) is 88.9 Å². The lowest BCUT2D eigenvalue weighted by atomic mass is 9.85. The second kappa shape index (κ2) is 7.75. The monoisotopic (exact) mass is 358 g/mol. The van der Waals surface area contributed by atoms with E-state index >= 15 is 0 Å². The number of hydrogen-bond donors (Lipinski definition) is 0. The van der Waals surface area contributed by atoms with E-state index in [-0.39, 0.29) is 23.0 Å². The third-order valence-corrected chi connectivity index (χ3v) is 5.21. The van der Waals surface area contributed by atoms with Crippen LogP contribution in [0.2, 0.25) is 0 Å². The van der Waals surface area contributed by atoms with Crippen LogP contribution in [0.4, 0.5) is 0 Å². The normalized spacial score (nSPS) is 25.5. The molecule has 2 unspecified atom stereocenters. The molecule has 0 aromatic heterocycles. The molecule has 7 heteroatoms. The highest BCUT2D eigenvalue weighted by Gasteiger charge is 2.41. The van der Waals surface area contributed by atoms with Gasteiger partial charge in [0.25, 0.3) is 0 Å². The molecule has 138 valence electrons. The molecule has 2 aliphatic carbocycles. The highest BCUT2D eigenvalue weighted by Crippen LogP contribution is 2.45. The van der Waals surface area contributed by atoms with Crippen LogP contribution in [0, 0.1) is 23.2 Å². The molecule has 0 amide bonds. The Balaban J connectivity index is 2.17. The first-order valence-corrected chi connectivity index (χ1v) is 8.66. The number of hydrogen-bond acceptors (Lipinski definition) is 7. The highest BCUT2D eigenvalue weighted by molar-refractivity contribution is 6.07. The van der Waals surface area contributed by atoms with Crippen molar-refractivity contribution in [3.63, 3.8) is 0 Å². The summed E-state index contributed by atoms with van der Waals surface area (Å²) in [5.74, 6) is -1.23. The number of ether oxygens (including phenoxy) is 3. The van der Waals surface area contributed by atoms with E-state index in [4.69, 9.17) is 14.2 Å². The van der Waals surface area contributed by atoms with Crippen LogP contribution in [0.15, 0.2) is 34.6 Å². The summed E-state index contributed by atoms with van der Waals surface area (Å²) in [7, 11) is 2.59. The number of carbonyl (C=O) groups is 2. The number of morpholine rings is 1. The fraction of sp³-hybridized carbons (Fsp3) is 0.526. The molecular weight excluding hydrogens is 336 g/mol. The van der Waals surface area contributed by atoms with E-state index in [1.165, 1.54) is 14.2 Å². The number of rotatable bonds is 3. The third-order valence-electron chi connectivity index (χ3n) is 5.21. The van der Waals surface area contributed by atoms with Crippen LogP contribution in [0.1, 0.15) is 12.8 Å². The smallest absolute Gasteiger partial charge is 0.340 e. The number of fused-ring (bicyclic) bond motifs is 1. The summed E-state index contributed by atoms with van der Waals surface area (Å²) >= 11 is 0. The van der Waals surface area contributed by atoms with Crippen LogP contribution in [0.25, 0.3) is 0 Å². The third kappa shape index (κ3) is 3.13. The van der Waals surface area contributed by atoms with Crippen LogP contribution >= 0.6 is 0 Å². The predicted octanol–water partition coefficient (Wildman–Crippen LogP) is 1.33.